The minimum Gasteiger partial charge on any atom is -0.441 e. The molecule has 2 fully saturated rings. The number of hydrogen-bond donors (Lipinski definition) is 1. The highest BCUT2D eigenvalue weighted by Gasteiger charge is 2.37. The number of imide groups is 2. The third-order valence-corrected chi connectivity index (χ3v) is 5.03. The molecule has 7 heteroatoms. The summed E-state index contributed by atoms with van der Waals surface area (Å²) in [4.78, 5) is 40.8. The van der Waals surface area contributed by atoms with Gasteiger partial charge in [0.2, 0.25) is 0 Å². The highest BCUT2D eigenvalue weighted by atomic mass is 16.4. The molecule has 3 heterocycles. The van der Waals surface area contributed by atoms with Crippen LogP contribution in [0.1, 0.15) is 31.1 Å². The van der Waals surface area contributed by atoms with Gasteiger partial charge in [-0.15, -0.1) is 0 Å². The topological polar surface area (TPSA) is 82.9 Å². The van der Waals surface area contributed by atoms with Crippen LogP contribution in [0.2, 0.25) is 0 Å². The molecule has 2 aliphatic rings. The lowest BCUT2D eigenvalue weighted by molar-refractivity contribution is -0.122. The lowest BCUT2D eigenvalue weighted by atomic mass is 10.1. The van der Waals surface area contributed by atoms with Crippen LogP contribution in [0.3, 0.4) is 0 Å². The monoisotopic (exact) mass is 379 g/mol. The first-order valence-corrected chi connectivity index (χ1v) is 9.42. The van der Waals surface area contributed by atoms with E-state index in [0.29, 0.717) is 17.9 Å². The molecule has 2 saturated heterocycles. The molecule has 0 saturated carbocycles. The van der Waals surface area contributed by atoms with Crippen molar-refractivity contribution < 1.29 is 18.8 Å². The third kappa shape index (κ3) is 3.19. The van der Waals surface area contributed by atoms with Gasteiger partial charge >= 0.3 is 6.03 Å². The van der Waals surface area contributed by atoms with Gasteiger partial charge in [0, 0.05) is 19.2 Å². The van der Waals surface area contributed by atoms with Crippen molar-refractivity contribution in [1.29, 1.82) is 0 Å². The zero-order valence-electron chi connectivity index (χ0n) is 15.6. The molecule has 4 rings (SSSR count). The molecule has 7 nitrogen and oxygen atoms in total. The SMILES string of the molecule is CCc1ccccc1N1C(=O)NC(=O)/C(=C\c2ccc(N3CCCC3)o2)C1=O. The van der Waals surface area contributed by atoms with Gasteiger partial charge in [-0.3, -0.25) is 14.9 Å². The molecule has 0 unspecified atom stereocenters. The van der Waals surface area contributed by atoms with Crippen LogP contribution in [-0.4, -0.2) is 30.9 Å². The van der Waals surface area contributed by atoms with Gasteiger partial charge in [0.25, 0.3) is 11.8 Å². The number of carbonyl (C=O) groups excluding carboxylic acids is 3. The minimum atomic E-state index is -0.745. The molecule has 2 aromatic rings. The summed E-state index contributed by atoms with van der Waals surface area (Å²) in [6.45, 7) is 3.80. The molecule has 0 bridgehead atoms. The minimum absolute atomic E-state index is 0.132. The maximum absolute atomic E-state index is 13.0. The second-order valence-electron chi connectivity index (χ2n) is 6.81. The van der Waals surface area contributed by atoms with Crippen LogP contribution in [0.5, 0.6) is 0 Å². The van der Waals surface area contributed by atoms with Gasteiger partial charge in [0.15, 0.2) is 5.88 Å². The Kier molecular flexibility index (Phi) is 4.73. The van der Waals surface area contributed by atoms with Crippen molar-refractivity contribution >= 4 is 35.5 Å². The molecule has 0 spiro atoms. The largest absolute Gasteiger partial charge is 0.441 e. The number of barbiturate groups is 1. The molecule has 1 aromatic heterocycles. The van der Waals surface area contributed by atoms with Gasteiger partial charge in [0.1, 0.15) is 11.3 Å². The van der Waals surface area contributed by atoms with E-state index >= 15 is 0 Å². The van der Waals surface area contributed by atoms with Crippen molar-refractivity contribution in [3.05, 3.63) is 53.3 Å². The number of nitrogens with zero attached hydrogens (tertiary/aromatic N) is 2. The van der Waals surface area contributed by atoms with E-state index in [0.717, 1.165) is 42.3 Å². The maximum Gasteiger partial charge on any atom is 0.335 e. The number of nitrogens with one attached hydrogen (secondary N) is 1. The van der Waals surface area contributed by atoms with E-state index in [-0.39, 0.29) is 5.57 Å². The summed E-state index contributed by atoms with van der Waals surface area (Å²) < 4.78 is 5.79. The van der Waals surface area contributed by atoms with Gasteiger partial charge in [-0.1, -0.05) is 25.1 Å². The number of furan rings is 1. The van der Waals surface area contributed by atoms with Crippen LogP contribution in [0, 0.1) is 0 Å². The summed E-state index contributed by atoms with van der Waals surface area (Å²) in [7, 11) is 0. The average Bonchev–Trinajstić information content (AvgIpc) is 3.37. The Morgan fingerprint density at radius 1 is 1.07 bits per heavy atom. The molecule has 0 radical (unpaired) electrons. The van der Waals surface area contributed by atoms with E-state index in [1.54, 1.807) is 18.2 Å². The smallest absolute Gasteiger partial charge is 0.335 e. The highest BCUT2D eigenvalue weighted by Crippen LogP contribution is 2.28. The number of hydrogen-bond acceptors (Lipinski definition) is 5. The van der Waals surface area contributed by atoms with E-state index in [2.05, 4.69) is 10.2 Å². The predicted octanol–water partition coefficient (Wildman–Crippen LogP) is 3.11. The van der Waals surface area contributed by atoms with Gasteiger partial charge in [0.05, 0.1) is 5.69 Å². The van der Waals surface area contributed by atoms with Crippen molar-refractivity contribution in [2.24, 2.45) is 0 Å². The van der Waals surface area contributed by atoms with Gasteiger partial charge in [-0.25, -0.2) is 9.69 Å². The molecule has 4 amide bonds. The Morgan fingerprint density at radius 3 is 2.57 bits per heavy atom. The van der Waals surface area contributed by atoms with E-state index in [9.17, 15) is 14.4 Å². The molecule has 0 aliphatic carbocycles. The first kappa shape index (κ1) is 18.0. The first-order valence-electron chi connectivity index (χ1n) is 9.42. The fourth-order valence-corrected chi connectivity index (χ4v) is 3.57. The van der Waals surface area contributed by atoms with E-state index in [1.165, 1.54) is 6.08 Å². The van der Waals surface area contributed by atoms with Crippen LogP contribution in [0.4, 0.5) is 16.4 Å². The summed E-state index contributed by atoms with van der Waals surface area (Å²) in [5, 5.41) is 2.25. The summed E-state index contributed by atoms with van der Waals surface area (Å²) in [6.07, 6.45) is 4.28. The molecular weight excluding hydrogens is 358 g/mol. The fourth-order valence-electron chi connectivity index (χ4n) is 3.57. The van der Waals surface area contributed by atoms with Crippen molar-refractivity contribution in [3.8, 4) is 0 Å². The quantitative estimate of drug-likeness (QED) is 0.652. The van der Waals surface area contributed by atoms with Gasteiger partial charge < -0.3 is 9.32 Å². The first-order chi connectivity index (χ1) is 13.6. The zero-order chi connectivity index (χ0) is 19.7. The highest BCUT2D eigenvalue weighted by molar-refractivity contribution is 6.39. The zero-order valence-corrected chi connectivity index (χ0v) is 15.6. The Hall–Kier alpha value is -3.35. The van der Waals surface area contributed by atoms with Gasteiger partial charge in [-0.2, -0.15) is 0 Å². The number of urea groups is 1. The number of carbonyl (C=O) groups is 3. The fraction of sp³-hybridized carbons (Fsp3) is 0.286. The Labute approximate surface area is 162 Å². The standard InChI is InChI=1S/C21H21N3O4/c1-2-14-7-3-4-8-17(14)24-20(26)16(19(25)22-21(24)27)13-15-9-10-18(28-15)23-11-5-6-12-23/h3-4,7-10,13H,2,5-6,11-12H2,1H3,(H,22,25,27)/b16-13+. The second-order valence-corrected chi connectivity index (χ2v) is 6.81. The summed E-state index contributed by atoms with van der Waals surface area (Å²) in [6, 6.07) is 9.96. The number of aryl methyl sites for hydroxylation is 1. The molecule has 1 aromatic carbocycles. The lowest BCUT2D eigenvalue weighted by Gasteiger charge is -2.27. The van der Waals surface area contributed by atoms with Crippen LogP contribution in [0.25, 0.3) is 6.08 Å². The Morgan fingerprint density at radius 2 is 1.82 bits per heavy atom. The average molecular weight is 379 g/mol. The van der Waals surface area contributed by atoms with Crippen LogP contribution in [-0.2, 0) is 16.0 Å². The maximum atomic E-state index is 13.0. The molecule has 1 N–H and O–H groups in total. The number of rotatable bonds is 4. The summed E-state index contributed by atoms with van der Waals surface area (Å²) >= 11 is 0. The van der Waals surface area contributed by atoms with Crippen molar-refractivity contribution in [3.63, 3.8) is 0 Å². The van der Waals surface area contributed by atoms with Crippen LogP contribution >= 0.6 is 0 Å². The third-order valence-electron chi connectivity index (χ3n) is 5.03. The van der Waals surface area contributed by atoms with Crippen LogP contribution in [0.15, 0.2) is 46.4 Å². The molecule has 2 aliphatic heterocycles. The number of para-hydroxylation sites is 1. The second kappa shape index (κ2) is 7.34. The molecule has 144 valence electrons. The molecular formula is C21H21N3O4. The van der Waals surface area contributed by atoms with E-state index in [1.807, 2.05) is 25.1 Å². The van der Waals surface area contributed by atoms with Crippen molar-refractivity contribution in [2.75, 3.05) is 22.9 Å². The van der Waals surface area contributed by atoms with E-state index in [4.69, 9.17) is 4.42 Å². The van der Waals surface area contributed by atoms with Gasteiger partial charge in [-0.05, 0) is 43.0 Å². The van der Waals surface area contributed by atoms with Crippen molar-refractivity contribution in [1.82, 2.24) is 5.32 Å². The molecule has 0 atom stereocenters. The van der Waals surface area contributed by atoms with E-state index < -0.39 is 17.8 Å². The lowest BCUT2D eigenvalue weighted by Crippen LogP contribution is -2.54. The summed E-state index contributed by atoms with van der Waals surface area (Å²) in [5.74, 6) is -0.260. The number of benzene rings is 1. The number of anilines is 2. The van der Waals surface area contributed by atoms with Crippen LogP contribution < -0.4 is 15.1 Å². The number of amides is 4. The van der Waals surface area contributed by atoms with Crippen molar-refractivity contribution in [2.45, 2.75) is 26.2 Å². The Bertz CT molecular complexity index is 970. The normalized spacial score (nSPS) is 18.9. The summed E-state index contributed by atoms with van der Waals surface area (Å²) in [5.41, 5.74) is 1.19. The molecule has 28 heavy (non-hydrogen) atoms. The predicted molar refractivity (Wildman–Crippen MR) is 105 cm³/mol. The Balaban J connectivity index is 1.67.